The third-order valence-corrected chi connectivity index (χ3v) is 3.97. The van der Waals surface area contributed by atoms with Gasteiger partial charge in [-0.1, -0.05) is 13.8 Å². The highest BCUT2D eigenvalue weighted by Gasteiger charge is 2.40. The molecular formula is C13H23N3. The molecule has 0 saturated heterocycles. The van der Waals surface area contributed by atoms with E-state index in [9.17, 15) is 0 Å². The molecule has 1 heterocycles. The van der Waals surface area contributed by atoms with Crippen LogP contribution < -0.4 is 5.32 Å². The van der Waals surface area contributed by atoms with E-state index in [-0.39, 0.29) is 0 Å². The Morgan fingerprint density at radius 1 is 1.50 bits per heavy atom. The minimum absolute atomic E-state index is 0.470. The molecule has 0 bridgehead atoms. The van der Waals surface area contributed by atoms with Crippen molar-refractivity contribution in [2.24, 2.45) is 12.5 Å². The largest absolute Gasteiger partial charge is 0.309 e. The molecule has 1 unspecified atom stereocenters. The minimum Gasteiger partial charge on any atom is -0.309 e. The second-order valence-electron chi connectivity index (χ2n) is 5.14. The molecular weight excluding hydrogens is 198 g/mol. The SMILES string of the molecule is CCC(NCC1(CC)CC1)c1cnn(C)c1. The van der Waals surface area contributed by atoms with Gasteiger partial charge < -0.3 is 5.32 Å². The van der Waals surface area contributed by atoms with Gasteiger partial charge in [0.05, 0.1) is 6.20 Å². The van der Waals surface area contributed by atoms with Crippen LogP contribution in [0.4, 0.5) is 0 Å². The quantitative estimate of drug-likeness (QED) is 0.800. The van der Waals surface area contributed by atoms with Gasteiger partial charge in [0.1, 0.15) is 0 Å². The molecule has 1 aromatic rings. The molecule has 16 heavy (non-hydrogen) atoms. The molecule has 0 aromatic carbocycles. The number of aryl methyl sites for hydroxylation is 1. The van der Waals surface area contributed by atoms with Gasteiger partial charge in [0.15, 0.2) is 0 Å². The first-order chi connectivity index (χ1) is 7.69. The highest BCUT2D eigenvalue weighted by atomic mass is 15.2. The topological polar surface area (TPSA) is 29.9 Å². The molecule has 1 aromatic heterocycles. The number of aromatic nitrogens is 2. The van der Waals surface area contributed by atoms with Gasteiger partial charge in [-0.25, -0.2) is 0 Å². The molecule has 1 fully saturated rings. The van der Waals surface area contributed by atoms with Crippen LogP contribution in [-0.4, -0.2) is 16.3 Å². The van der Waals surface area contributed by atoms with E-state index in [1.807, 2.05) is 17.9 Å². The lowest BCUT2D eigenvalue weighted by Crippen LogP contribution is -2.27. The fourth-order valence-electron chi connectivity index (χ4n) is 2.29. The van der Waals surface area contributed by atoms with E-state index in [2.05, 4.69) is 30.5 Å². The normalized spacial score (nSPS) is 19.7. The van der Waals surface area contributed by atoms with Crippen LogP contribution in [-0.2, 0) is 7.05 Å². The Morgan fingerprint density at radius 2 is 2.25 bits per heavy atom. The van der Waals surface area contributed by atoms with Crippen LogP contribution in [0.1, 0.15) is 51.1 Å². The summed E-state index contributed by atoms with van der Waals surface area (Å²) in [5.41, 5.74) is 1.94. The summed E-state index contributed by atoms with van der Waals surface area (Å²) in [7, 11) is 1.98. The van der Waals surface area contributed by atoms with Gasteiger partial charge in [-0.2, -0.15) is 5.10 Å². The van der Waals surface area contributed by atoms with Crippen molar-refractivity contribution in [3.05, 3.63) is 18.0 Å². The van der Waals surface area contributed by atoms with E-state index in [1.165, 1.54) is 24.8 Å². The lowest BCUT2D eigenvalue weighted by molar-refractivity contribution is 0.399. The number of rotatable bonds is 6. The van der Waals surface area contributed by atoms with Gasteiger partial charge in [0, 0.05) is 31.4 Å². The first-order valence-electron chi connectivity index (χ1n) is 6.41. The van der Waals surface area contributed by atoms with Gasteiger partial charge in [0.2, 0.25) is 0 Å². The van der Waals surface area contributed by atoms with Crippen LogP contribution in [0.3, 0.4) is 0 Å². The fourth-order valence-corrected chi connectivity index (χ4v) is 2.29. The van der Waals surface area contributed by atoms with Gasteiger partial charge >= 0.3 is 0 Å². The summed E-state index contributed by atoms with van der Waals surface area (Å²) in [4.78, 5) is 0. The Labute approximate surface area is 98.2 Å². The molecule has 1 atom stereocenters. The Hall–Kier alpha value is -0.830. The lowest BCUT2D eigenvalue weighted by Gasteiger charge is -2.20. The highest BCUT2D eigenvalue weighted by Crippen LogP contribution is 2.48. The predicted molar refractivity (Wildman–Crippen MR) is 66.2 cm³/mol. The van der Waals surface area contributed by atoms with Crippen LogP contribution in [0.15, 0.2) is 12.4 Å². The number of nitrogens with one attached hydrogen (secondary N) is 1. The van der Waals surface area contributed by atoms with Crippen molar-refractivity contribution in [1.82, 2.24) is 15.1 Å². The van der Waals surface area contributed by atoms with E-state index >= 15 is 0 Å². The molecule has 0 radical (unpaired) electrons. The first-order valence-corrected chi connectivity index (χ1v) is 6.41. The van der Waals surface area contributed by atoms with Crippen molar-refractivity contribution in [2.45, 2.75) is 45.6 Å². The lowest BCUT2D eigenvalue weighted by atomic mass is 10.0. The molecule has 1 N–H and O–H groups in total. The van der Waals surface area contributed by atoms with Crippen molar-refractivity contribution < 1.29 is 0 Å². The number of hydrogen-bond donors (Lipinski definition) is 1. The molecule has 0 spiro atoms. The minimum atomic E-state index is 0.470. The molecule has 90 valence electrons. The maximum absolute atomic E-state index is 4.24. The number of nitrogens with zero attached hydrogens (tertiary/aromatic N) is 2. The van der Waals surface area contributed by atoms with Crippen LogP contribution in [0.5, 0.6) is 0 Å². The van der Waals surface area contributed by atoms with Crippen LogP contribution in [0.25, 0.3) is 0 Å². The molecule has 2 rings (SSSR count). The number of hydrogen-bond acceptors (Lipinski definition) is 2. The second-order valence-corrected chi connectivity index (χ2v) is 5.14. The zero-order valence-corrected chi connectivity index (χ0v) is 10.7. The van der Waals surface area contributed by atoms with Crippen molar-refractivity contribution in [3.8, 4) is 0 Å². The van der Waals surface area contributed by atoms with E-state index in [4.69, 9.17) is 0 Å². The monoisotopic (exact) mass is 221 g/mol. The molecule has 3 heteroatoms. The van der Waals surface area contributed by atoms with E-state index in [0.29, 0.717) is 11.5 Å². The van der Waals surface area contributed by atoms with Crippen LogP contribution in [0.2, 0.25) is 0 Å². The molecule has 1 aliphatic rings. The summed E-state index contributed by atoms with van der Waals surface area (Å²) in [5, 5.41) is 7.94. The molecule has 3 nitrogen and oxygen atoms in total. The van der Waals surface area contributed by atoms with E-state index < -0.39 is 0 Å². The summed E-state index contributed by atoms with van der Waals surface area (Å²) in [6.07, 6.45) is 9.34. The van der Waals surface area contributed by atoms with Crippen molar-refractivity contribution in [1.29, 1.82) is 0 Å². The zero-order valence-electron chi connectivity index (χ0n) is 10.7. The first kappa shape index (κ1) is 11.6. The van der Waals surface area contributed by atoms with Gasteiger partial charge in [-0.3, -0.25) is 4.68 Å². The van der Waals surface area contributed by atoms with Crippen molar-refractivity contribution in [2.75, 3.05) is 6.54 Å². The fraction of sp³-hybridized carbons (Fsp3) is 0.769. The standard InChI is InChI=1S/C13H23N3/c1-4-12(11-8-15-16(3)9-11)14-10-13(5-2)6-7-13/h8-9,12,14H,4-7,10H2,1-3H3. The smallest absolute Gasteiger partial charge is 0.0537 e. The third-order valence-electron chi connectivity index (χ3n) is 3.97. The summed E-state index contributed by atoms with van der Waals surface area (Å²) < 4.78 is 1.88. The average Bonchev–Trinajstić information content (AvgIpc) is 2.96. The van der Waals surface area contributed by atoms with Gasteiger partial charge in [0.25, 0.3) is 0 Å². The maximum Gasteiger partial charge on any atom is 0.0537 e. The predicted octanol–water partition coefficient (Wildman–Crippen LogP) is 2.65. The van der Waals surface area contributed by atoms with E-state index in [1.54, 1.807) is 0 Å². The Morgan fingerprint density at radius 3 is 2.69 bits per heavy atom. The zero-order chi connectivity index (χ0) is 11.6. The Bertz CT molecular complexity index is 339. The molecule has 1 saturated carbocycles. The summed E-state index contributed by atoms with van der Waals surface area (Å²) >= 11 is 0. The highest BCUT2D eigenvalue weighted by molar-refractivity contribution is 5.10. The maximum atomic E-state index is 4.24. The molecule has 0 aliphatic heterocycles. The third kappa shape index (κ3) is 2.46. The average molecular weight is 221 g/mol. The summed E-state index contributed by atoms with van der Waals surface area (Å²) in [6, 6.07) is 0.470. The Balaban J connectivity index is 1.91. The Kier molecular flexibility index (Phi) is 3.33. The van der Waals surface area contributed by atoms with Gasteiger partial charge in [-0.05, 0) is 31.1 Å². The van der Waals surface area contributed by atoms with E-state index in [0.717, 1.165) is 13.0 Å². The van der Waals surface area contributed by atoms with Crippen molar-refractivity contribution >= 4 is 0 Å². The summed E-state index contributed by atoms with van der Waals surface area (Å²) in [5.74, 6) is 0. The van der Waals surface area contributed by atoms with Gasteiger partial charge in [-0.15, -0.1) is 0 Å². The van der Waals surface area contributed by atoms with Crippen molar-refractivity contribution in [3.63, 3.8) is 0 Å². The van der Waals surface area contributed by atoms with Crippen LogP contribution >= 0.6 is 0 Å². The summed E-state index contributed by atoms with van der Waals surface area (Å²) in [6.45, 7) is 5.70. The molecule has 0 amide bonds. The molecule has 1 aliphatic carbocycles. The second kappa shape index (κ2) is 4.58. The van der Waals surface area contributed by atoms with Crippen LogP contribution in [0, 0.1) is 5.41 Å².